The molecular weight excluding hydrogens is 433 g/mol. The number of hydrogen-bond donors (Lipinski definition) is 2. The van der Waals surface area contributed by atoms with Gasteiger partial charge in [0, 0.05) is 10.0 Å². The van der Waals surface area contributed by atoms with Crippen molar-refractivity contribution in [3.05, 3.63) is 64.6 Å². The first-order chi connectivity index (χ1) is 13.5. The molecule has 0 N–H and O–H groups in total. The van der Waals surface area contributed by atoms with Gasteiger partial charge in [-0.05, 0) is 48.5 Å². The van der Waals surface area contributed by atoms with Crippen molar-refractivity contribution < 1.29 is 0 Å². The van der Waals surface area contributed by atoms with Gasteiger partial charge in [-0.2, -0.15) is 0 Å². The van der Waals surface area contributed by atoms with E-state index in [0.29, 0.717) is 32.0 Å². The van der Waals surface area contributed by atoms with E-state index in [1.807, 2.05) is 51.6 Å². The van der Waals surface area contributed by atoms with E-state index in [1.165, 1.54) is 0 Å². The lowest BCUT2D eigenvalue weighted by Gasteiger charge is -2.10. The van der Waals surface area contributed by atoms with Gasteiger partial charge >= 0.3 is 0 Å². The molecule has 0 aliphatic heterocycles. The van der Waals surface area contributed by atoms with Crippen molar-refractivity contribution in [1.82, 2.24) is 24.1 Å². The molecule has 138 valence electrons. The highest BCUT2D eigenvalue weighted by atomic mass is 35.5. The maximum atomic E-state index is 6.09. The summed E-state index contributed by atoms with van der Waals surface area (Å²) < 4.78 is 3.74. The van der Waals surface area contributed by atoms with Crippen molar-refractivity contribution in [2.24, 2.45) is 0 Å². The minimum atomic E-state index is 0.523. The highest BCUT2D eigenvalue weighted by Crippen LogP contribution is 2.28. The van der Waals surface area contributed by atoms with Gasteiger partial charge in [0.05, 0.1) is 22.1 Å². The quantitative estimate of drug-likeness (QED) is 0.346. The molecule has 3 aromatic heterocycles. The molecule has 5 nitrogen and oxygen atoms in total. The Balaban J connectivity index is 1.72. The highest BCUT2D eigenvalue weighted by Gasteiger charge is 2.15. The van der Waals surface area contributed by atoms with Crippen LogP contribution >= 0.6 is 48.5 Å². The number of rotatable bonds is 2. The van der Waals surface area contributed by atoms with Crippen LogP contribution in [0.4, 0.5) is 0 Å². The average molecular weight is 444 g/mol. The van der Waals surface area contributed by atoms with Gasteiger partial charge in [0.2, 0.25) is 0 Å². The summed E-state index contributed by atoms with van der Waals surface area (Å²) in [7, 11) is 0. The zero-order valence-corrected chi connectivity index (χ0v) is 17.4. The molecule has 0 amide bonds. The molecule has 5 aromatic rings. The second-order valence-electron chi connectivity index (χ2n) is 6.11. The maximum Gasteiger partial charge on any atom is 0.171 e. The molecule has 0 saturated carbocycles. The van der Waals surface area contributed by atoms with Crippen molar-refractivity contribution in [1.29, 1.82) is 0 Å². The predicted octanol–water partition coefficient (Wildman–Crippen LogP) is 5.64. The molecule has 0 fully saturated rings. The number of imidazole rings is 2. The second-order valence-corrected chi connectivity index (χ2v) is 7.79. The van der Waals surface area contributed by atoms with Gasteiger partial charge in [-0.25, -0.2) is 15.0 Å². The van der Waals surface area contributed by atoms with Crippen LogP contribution in [0.2, 0.25) is 10.0 Å². The number of thiol groups is 2. The van der Waals surface area contributed by atoms with Crippen LogP contribution in [-0.2, 0) is 0 Å². The molecule has 0 bridgehead atoms. The van der Waals surface area contributed by atoms with Crippen molar-refractivity contribution in [2.75, 3.05) is 0 Å². The van der Waals surface area contributed by atoms with Gasteiger partial charge in [-0.3, -0.25) is 9.13 Å². The molecule has 0 atom stereocenters. The normalized spacial score (nSPS) is 11.6. The summed E-state index contributed by atoms with van der Waals surface area (Å²) in [4.78, 5) is 13.8. The predicted molar refractivity (Wildman–Crippen MR) is 118 cm³/mol. The molecular formula is C19H11Cl2N5S2. The van der Waals surface area contributed by atoms with Crippen LogP contribution in [0.5, 0.6) is 0 Å². The van der Waals surface area contributed by atoms with Gasteiger partial charge in [-0.1, -0.05) is 29.3 Å². The van der Waals surface area contributed by atoms with Crippen LogP contribution in [-0.4, -0.2) is 24.1 Å². The Labute approximate surface area is 180 Å². The molecule has 0 radical (unpaired) electrons. The Hall–Kier alpha value is -2.19. The number of aromatic nitrogens is 5. The molecule has 0 aliphatic carbocycles. The Morgan fingerprint density at radius 3 is 1.57 bits per heavy atom. The monoisotopic (exact) mass is 443 g/mol. The summed E-state index contributed by atoms with van der Waals surface area (Å²) >= 11 is 21.2. The van der Waals surface area contributed by atoms with E-state index in [2.05, 4.69) is 35.2 Å². The zero-order valence-electron chi connectivity index (χ0n) is 14.1. The van der Waals surface area contributed by atoms with Gasteiger partial charge in [0.1, 0.15) is 11.6 Å². The van der Waals surface area contributed by atoms with Crippen LogP contribution in [0.1, 0.15) is 0 Å². The lowest BCUT2D eigenvalue weighted by atomic mass is 10.3. The molecule has 0 saturated heterocycles. The molecule has 2 aromatic carbocycles. The number of hydrogen-bond acceptors (Lipinski definition) is 5. The summed E-state index contributed by atoms with van der Waals surface area (Å²) in [5.74, 6) is 1.35. The summed E-state index contributed by atoms with van der Waals surface area (Å²) in [6.45, 7) is 0. The average Bonchev–Trinajstić information content (AvgIpc) is 3.15. The highest BCUT2D eigenvalue weighted by molar-refractivity contribution is 7.80. The summed E-state index contributed by atoms with van der Waals surface area (Å²) in [5.41, 5.74) is 3.24. The minimum absolute atomic E-state index is 0.523. The SMILES string of the molecule is Sc1nc2cc(Cl)ccc2n1-c1cccc(-n2c(S)nc3cc(Cl)ccc32)n1. The Morgan fingerprint density at radius 2 is 1.11 bits per heavy atom. The third kappa shape index (κ3) is 2.86. The fourth-order valence-electron chi connectivity index (χ4n) is 3.19. The van der Waals surface area contributed by atoms with E-state index in [1.54, 1.807) is 12.1 Å². The lowest BCUT2D eigenvalue weighted by molar-refractivity contribution is 0.849. The van der Waals surface area contributed by atoms with E-state index in [0.717, 1.165) is 22.1 Å². The van der Waals surface area contributed by atoms with Gasteiger partial charge in [0.25, 0.3) is 0 Å². The number of fused-ring (bicyclic) bond motifs is 2. The molecule has 5 rings (SSSR count). The number of nitrogens with zero attached hydrogens (tertiary/aromatic N) is 5. The number of benzene rings is 2. The molecule has 3 heterocycles. The Bertz CT molecular complexity index is 1270. The topological polar surface area (TPSA) is 48.5 Å². The fourth-order valence-corrected chi connectivity index (χ4v) is 4.16. The number of pyridine rings is 1. The van der Waals surface area contributed by atoms with Crippen LogP contribution in [0.25, 0.3) is 33.7 Å². The summed E-state index contributed by atoms with van der Waals surface area (Å²) in [5, 5.41) is 2.29. The van der Waals surface area contributed by atoms with E-state index in [-0.39, 0.29) is 0 Å². The second kappa shape index (κ2) is 6.70. The molecule has 0 unspecified atom stereocenters. The van der Waals surface area contributed by atoms with Gasteiger partial charge < -0.3 is 0 Å². The van der Waals surface area contributed by atoms with E-state index < -0.39 is 0 Å². The molecule has 0 aliphatic rings. The van der Waals surface area contributed by atoms with Crippen molar-refractivity contribution in [2.45, 2.75) is 10.3 Å². The van der Waals surface area contributed by atoms with Crippen molar-refractivity contribution in [3.63, 3.8) is 0 Å². The van der Waals surface area contributed by atoms with E-state index in [4.69, 9.17) is 28.2 Å². The molecule has 9 heteroatoms. The summed E-state index contributed by atoms with van der Waals surface area (Å²) in [6, 6.07) is 16.7. The Kier molecular flexibility index (Phi) is 4.28. The zero-order chi connectivity index (χ0) is 19.4. The van der Waals surface area contributed by atoms with Gasteiger partial charge in [-0.15, -0.1) is 25.3 Å². The first-order valence-corrected chi connectivity index (χ1v) is 9.88. The maximum absolute atomic E-state index is 6.09. The van der Waals surface area contributed by atoms with Crippen molar-refractivity contribution >= 4 is 70.5 Å². The third-order valence-electron chi connectivity index (χ3n) is 4.38. The van der Waals surface area contributed by atoms with E-state index >= 15 is 0 Å². The fraction of sp³-hybridized carbons (Fsp3) is 0. The standard InChI is InChI=1S/C19H11Cl2N5S2/c20-10-4-6-14-12(8-10)22-18(27)25(14)16-2-1-3-17(24-16)26-15-7-5-11(21)9-13(15)23-19(26)28/h1-9H,(H,22,27)(H,23,28). The molecule has 0 spiro atoms. The minimum Gasteiger partial charge on any atom is -0.271 e. The van der Waals surface area contributed by atoms with Crippen molar-refractivity contribution in [3.8, 4) is 11.6 Å². The van der Waals surface area contributed by atoms with Crippen LogP contribution < -0.4 is 0 Å². The van der Waals surface area contributed by atoms with Crippen LogP contribution in [0.15, 0.2) is 64.9 Å². The largest absolute Gasteiger partial charge is 0.271 e. The first-order valence-electron chi connectivity index (χ1n) is 8.23. The number of halogens is 2. The lowest BCUT2D eigenvalue weighted by Crippen LogP contribution is -2.04. The van der Waals surface area contributed by atoms with Crippen LogP contribution in [0, 0.1) is 0 Å². The first kappa shape index (κ1) is 17.9. The molecule has 28 heavy (non-hydrogen) atoms. The smallest absolute Gasteiger partial charge is 0.171 e. The Morgan fingerprint density at radius 1 is 0.643 bits per heavy atom. The van der Waals surface area contributed by atoms with E-state index in [9.17, 15) is 0 Å². The summed E-state index contributed by atoms with van der Waals surface area (Å²) in [6.07, 6.45) is 0. The third-order valence-corrected chi connectivity index (χ3v) is 5.45. The van der Waals surface area contributed by atoms with Crippen LogP contribution in [0.3, 0.4) is 0 Å². The van der Waals surface area contributed by atoms with Gasteiger partial charge in [0.15, 0.2) is 10.3 Å².